The first-order valence-corrected chi connectivity index (χ1v) is 11.0. The monoisotopic (exact) mass is 511 g/mol. The summed E-state index contributed by atoms with van der Waals surface area (Å²) < 4.78 is 14.4. The summed E-state index contributed by atoms with van der Waals surface area (Å²) in [5, 5.41) is 20.2. The Labute approximate surface area is 214 Å². The van der Waals surface area contributed by atoms with Gasteiger partial charge in [-0.1, -0.05) is 12.1 Å². The molecule has 0 saturated heterocycles. The number of carboxylic acids is 1. The Hall–Kier alpha value is -4.86. The van der Waals surface area contributed by atoms with Gasteiger partial charge in [0.1, 0.15) is 22.8 Å². The maximum Gasteiger partial charge on any atom is 0.339 e. The Kier molecular flexibility index (Phi) is 13.0. The fourth-order valence-electron chi connectivity index (χ4n) is 2.61. The number of hydrogen-bond acceptors (Lipinski definition) is 8. The summed E-state index contributed by atoms with van der Waals surface area (Å²) in [4.78, 5) is 42.7. The fraction of sp³-hybridized carbons (Fsp3) is 0.185. The average molecular weight is 512 g/mol. The van der Waals surface area contributed by atoms with Crippen molar-refractivity contribution in [3.05, 3.63) is 83.9 Å². The van der Waals surface area contributed by atoms with Gasteiger partial charge in [0, 0.05) is 19.5 Å². The van der Waals surface area contributed by atoms with Gasteiger partial charge in [-0.2, -0.15) is 0 Å². The van der Waals surface area contributed by atoms with Gasteiger partial charge >= 0.3 is 17.9 Å². The van der Waals surface area contributed by atoms with Gasteiger partial charge in [0.25, 0.3) is 0 Å². The highest BCUT2D eigenvalue weighted by atomic mass is 16.5. The van der Waals surface area contributed by atoms with Gasteiger partial charge in [-0.3, -0.25) is 9.59 Å². The number of hydrogen-bond donors (Lipinski definition) is 3. The number of aromatic carboxylic acids is 1. The van der Waals surface area contributed by atoms with Crippen LogP contribution in [0.3, 0.4) is 0 Å². The first-order valence-electron chi connectivity index (χ1n) is 11.0. The lowest BCUT2D eigenvalue weighted by molar-refractivity contribution is -0.131. The highest BCUT2D eigenvalue weighted by molar-refractivity contribution is 5.92. The van der Waals surface area contributed by atoms with Gasteiger partial charge in [0.2, 0.25) is 5.91 Å². The number of anilines is 1. The molecule has 0 aliphatic heterocycles. The maximum atomic E-state index is 10.8. The molecular weight excluding hydrogens is 482 g/mol. The van der Waals surface area contributed by atoms with Crippen molar-refractivity contribution in [2.24, 2.45) is 0 Å². The van der Waals surface area contributed by atoms with Gasteiger partial charge < -0.3 is 29.7 Å². The molecule has 0 aliphatic rings. The molecule has 0 unspecified atom stereocenters. The number of esters is 2. The number of methoxy groups -OCH3 is 1. The number of aromatic hydroxyl groups is 1. The molecule has 10 heteroatoms. The van der Waals surface area contributed by atoms with Crippen molar-refractivity contribution in [1.29, 1.82) is 0 Å². The van der Waals surface area contributed by atoms with Crippen LogP contribution in [-0.2, 0) is 14.3 Å². The van der Waals surface area contributed by atoms with Crippen LogP contribution >= 0.6 is 0 Å². The first-order chi connectivity index (χ1) is 17.6. The second kappa shape index (κ2) is 15.9. The first kappa shape index (κ1) is 30.2. The van der Waals surface area contributed by atoms with Crippen LogP contribution < -0.4 is 14.8 Å². The number of phenolic OH excluding ortho intramolecular Hbond substituents is 1. The molecule has 3 rings (SSSR count). The Bertz CT molecular complexity index is 1170. The zero-order valence-electron chi connectivity index (χ0n) is 20.9. The molecule has 1 amide bonds. The van der Waals surface area contributed by atoms with Crippen LogP contribution in [0, 0.1) is 0 Å². The molecule has 196 valence electrons. The third-order valence-electron chi connectivity index (χ3n) is 4.15. The third kappa shape index (κ3) is 11.9. The molecular formula is C27H29NO9. The lowest BCUT2D eigenvalue weighted by atomic mass is 10.2. The highest BCUT2D eigenvalue weighted by Gasteiger charge is 2.11. The van der Waals surface area contributed by atoms with Crippen molar-refractivity contribution in [1.82, 2.24) is 0 Å². The summed E-state index contributed by atoms with van der Waals surface area (Å²) in [5.41, 5.74) is 1.21. The Morgan fingerprint density at radius 2 is 1.46 bits per heavy atom. The van der Waals surface area contributed by atoms with Crippen LogP contribution in [0.15, 0.2) is 72.8 Å². The Morgan fingerprint density at radius 3 is 1.95 bits per heavy atom. The highest BCUT2D eigenvalue weighted by Crippen LogP contribution is 2.18. The van der Waals surface area contributed by atoms with E-state index in [4.69, 9.17) is 14.9 Å². The van der Waals surface area contributed by atoms with Gasteiger partial charge in [-0.15, -0.1) is 0 Å². The second-order valence-corrected chi connectivity index (χ2v) is 7.07. The zero-order chi connectivity index (χ0) is 27.8. The minimum atomic E-state index is -1.11. The number of phenols is 1. The lowest BCUT2D eigenvalue weighted by Crippen LogP contribution is -2.06. The van der Waals surface area contributed by atoms with E-state index >= 15 is 0 Å². The summed E-state index contributed by atoms with van der Waals surface area (Å²) >= 11 is 0. The molecule has 3 aromatic carbocycles. The van der Waals surface area contributed by atoms with Crippen LogP contribution in [0.25, 0.3) is 0 Å². The standard InChI is InChI=1S/C10H13NO2.C9H8O4.C8H8O3/c1-3-13-10-6-4-9(5-7-10)11-8(2)12;1-6(10)13-8-5-3-2-4-7(8)9(11)12;1-11-8(10)6-2-4-7(9)5-3-6/h4-7H,3H2,1-2H3,(H,11,12);2-5H,1H3,(H,11,12);2-5,9H,1H3. The smallest absolute Gasteiger partial charge is 0.339 e. The molecule has 0 aliphatic carbocycles. The van der Waals surface area contributed by atoms with Crippen molar-refractivity contribution in [3.8, 4) is 17.2 Å². The lowest BCUT2D eigenvalue weighted by Gasteiger charge is -2.04. The van der Waals surface area contributed by atoms with Gasteiger partial charge in [0.05, 0.1) is 19.3 Å². The molecule has 0 aromatic heterocycles. The molecule has 0 fully saturated rings. The largest absolute Gasteiger partial charge is 0.508 e. The summed E-state index contributed by atoms with van der Waals surface area (Å²) in [7, 11) is 1.31. The zero-order valence-corrected chi connectivity index (χ0v) is 20.9. The molecule has 0 radical (unpaired) electrons. The van der Waals surface area contributed by atoms with Crippen molar-refractivity contribution in [3.63, 3.8) is 0 Å². The van der Waals surface area contributed by atoms with E-state index in [-0.39, 0.29) is 23.0 Å². The van der Waals surface area contributed by atoms with Crippen LogP contribution in [0.5, 0.6) is 17.2 Å². The normalized spacial score (nSPS) is 9.30. The van der Waals surface area contributed by atoms with E-state index < -0.39 is 17.9 Å². The van der Waals surface area contributed by atoms with Crippen LogP contribution in [-0.4, -0.2) is 47.7 Å². The van der Waals surface area contributed by atoms with Crippen molar-refractivity contribution < 1.29 is 43.6 Å². The van der Waals surface area contributed by atoms with E-state index in [2.05, 4.69) is 14.8 Å². The molecule has 0 spiro atoms. The third-order valence-corrected chi connectivity index (χ3v) is 4.15. The number of benzene rings is 3. The number of carbonyl (C=O) groups excluding carboxylic acids is 3. The van der Waals surface area contributed by atoms with Crippen LogP contribution in [0.2, 0.25) is 0 Å². The summed E-state index contributed by atoms with van der Waals surface area (Å²) in [6.07, 6.45) is 0. The summed E-state index contributed by atoms with van der Waals surface area (Å²) in [5.74, 6) is -1.09. The Balaban J connectivity index is 0.000000279. The minimum Gasteiger partial charge on any atom is -0.508 e. The molecule has 0 heterocycles. The second-order valence-electron chi connectivity index (χ2n) is 7.07. The van der Waals surface area contributed by atoms with Crippen molar-refractivity contribution in [2.45, 2.75) is 20.8 Å². The number of para-hydroxylation sites is 1. The molecule has 3 N–H and O–H groups in total. The predicted molar refractivity (Wildman–Crippen MR) is 136 cm³/mol. The van der Waals surface area contributed by atoms with E-state index in [9.17, 15) is 19.2 Å². The molecule has 3 aromatic rings. The molecule has 0 bridgehead atoms. The van der Waals surface area contributed by atoms with Crippen molar-refractivity contribution in [2.75, 3.05) is 19.0 Å². The number of nitrogens with one attached hydrogen (secondary N) is 1. The molecule has 10 nitrogen and oxygen atoms in total. The Morgan fingerprint density at radius 1 is 0.865 bits per heavy atom. The SMILES string of the molecule is CC(=O)Oc1ccccc1C(=O)O.CCOc1ccc(NC(C)=O)cc1.COC(=O)c1ccc(O)cc1. The number of carbonyl (C=O) groups is 4. The number of carboxylic acid groups (broad SMARTS) is 1. The van der Waals surface area contributed by atoms with Gasteiger partial charge in [-0.25, -0.2) is 9.59 Å². The van der Waals surface area contributed by atoms with Gasteiger partial charge in [-0.05, 0) is 67.6 Å². The quantitative estimate of drug-likeness (QED) is 0.320. The van der Waals surface area contributed by atoms with E-state index in [1.54, 1.807) is 12.1 Å². The van der Waals surface area contributed by atoms with E-state index in [1.807, 2.05) is 31.2 Å². The number of ether oxygens (including phenoxy) is 3. The summed E-state index contributed by atoms with van der Waals surface area (Å²) in [6, 6.07) is 19.1. The van der Waals surface area contributed by atoms with Crippen LogP contribution in [0.1, 0.15) is 41.5 Å². The van der Waals surface area contributed by atoms with E-state index in [1.165, 1.54) is 57.4 Å². The van der Waals surface area contributed by atoms with E-state index in [0.29, 0.717) is 12.2 Å². The van der Waals surface area contributed by atoms with E-state index in [0.717, 1.165) is 11.4 Å². The molecule has 37 heavy (non-hydrogen) atoms. The minimum absolute atomic E-state index is 0.0160. The maximum absolute atomic E-state index is 10.8. The topological polar surface area (TPSA) is 148 Å². The van der Waals surface area contributed by atoms with Crippen LogP contribution in [0.4, 0.5) is 5.69 Å². The predicted octanol–water partition coefficient (Wildman–Crippen LogP) is 4.53. The van der Waals surface area contributed by atoms with Crippen molar-refractivity contribution >= 4 is 29.5 Å². The average Bonchev–Trinajstić information content (AvgIpc) is 2.86. The number of rotatable bonds is 6. The summed E-state index contributed by atoms with van der Waals surface area (Å²) in [6.45, 7) is 5.29. The molecule has 0 saturated carbocycles. The molecule has 0 atom stereocenters. The van der Waals surface area contributed by atoms with Gasteiger partial charge in [0.15, 0.2) is 0 Å². The number of amides is 1. The fourth-order valence-corrected chi connectivity index (χ4v) is 2.61.